The third-order valence-electron chi connectivity index (χ3n) is 4.87. The van der Waals surface area contributed by atoms with Crippen molar-refractivity contribution in [2.45, 2.75) is 77.5 Å². The highest BCUT2D eigenvalue weighted by atomic mass is 16.6. The van der Waals surface area contributed by atoms with E-state index in [4.69, 9.17) is 18.9 Å². The van der Waals surface area contributed by atoms with Crippen molar-refractivity contribution in [3.05, 3.63) is 35.9 Å². The Labute approximate surface area is 161 Å². The van der Waals surface area contributed by atoms with Gasteiger partial charge in [0.05, 0.1) is 19.3 Å². The van der Waals surface area contributed by atoms with Crippen molar-refractivity contribution in [2.75, 3.05) is 6.61 Å². The normalized spacial score (nSPS) is 23.7. The molecule has 6 heteroatoms. The van der Waals surface area contributed by atoms with Gasteiger partial charge in [0.1, 0.15) is 11.2 Å². The van der Waals surface area contributed by atoms with Gasteiger partial charge in [0, 0.05) is 13.8 Å². The third-order valence-corrected chi connectivity index (χ3v) is 4.87. The minimum Gasteiger partial charge on any atom is -0.457 e. The molecule has 0 bridgehead atoms. The summed E-state index contributed by atoms with van der Waals surface area (Å²) >= 11 is 0. The molecule has 0 spiro atoms. The minimum atomic E-state index is -0.755. The zero-order chi connectivity index (χ0) is 20.1. The van der Waals surface area contributed by atoms with Crippen molar-refractivity contribution in [3.63, 3.8) is 0 Å². The smallest absolute Gasteiger partial charge is 0.303 e. The fourth-order valence-corrected chi connectivity index (χ4v) is 3.42. The number of hydrogen-bond donors (Lipinski definition) is 0. The van der Waals surface area contributed by atoms with E-state index in [0.29, 0.717) is 19.4 Å². The lowest BCUT2D eigenvalue weighted by molar-refractivity contribution is -0.198. The monoisotopic (exact) mass is 378 g/mol. The molecule has 0 N–H and O–H groups in total. The van der Waals surface area contributed by atoms with Gasteiger partial charge in [0.25, 0.3) is 0 Å². The molecular weight excluding hydrogens is 348 g/mol. The fourth-order valence-electron chi connectivity index (χ4n) is 3.42. The molecule has 1 fully saturated rings. The maximum Gasteiger partial charge on any atom is 0.303 e. The quantitative estimate of drug-likeness (QED) is 0.646. The molecule has 1 saturated heterocycles. The number of hydrogen-bond acceptors (Lipinski definition) is 6. The maximum absolute atomic E-state index is 11.6. The predicted octanol–water partition coefficient (Wildman–Crippen LogP) is 3.41. The first-order valence-electron chi connectivity index (χ1n) is 9.29. The van der Waals surface area contributed by atoms with Crippen LogP contribution in [-0.2, 0) is 35.1 Å². The van der Waals surface area contributed by atoms with Gasteiger partial charge in [-0.15, -0.1) is 0 Å². The zero-order valence-electron chi connectivity index (χ0n) is 16.8. The van der Waals surface area contributed by atoms with Crippen molar-refractivity contribution in [3.8, 4) is 0 Å². The van der Waals surface area contributed by atoms with Crippen molar-refractivity contribution < 1.29 is 28.5 Å². The van der Waals surface area contributed by atoms with Crippen LogP contribution in [0.5, 0.6) is 0 Å². The molecule has 1 aromatic rings. The lowest BCUT2D eigenvalue weighted by atomic mass is 9.93. The summed E-state index contributed by atoms with van der Waals surface area (Å²) in [7, 11) is 0. The lowest BCUT2D eigenvalue weighted by Gasteiger charge is -2.36. The fraction of sp³-hybridized carbons (Fsp3) is 0.619. The van der Waals surface area contributed by atoms with Crippen molar-refractivity contribution in [1.82, 2.24) is 0 Å². The first-order valence-corrected chi connectivity index (χ1v) is 9.29. The molecule has 2 rings (SSSR count). The molecular formula is C21H30O6. The van der Waals surface area contributed by atoms with E-state index in [1.165, 1.54) is 13.8 Å². The molecule has 0 radical (unpaired) electrons. The second-order valence-corrected chi connectivity index (χ2v) is 7.75. The van der Waals surface area contributed by atoms with Crippen LogP contribution in [0.25, 0.3) is 0 Å². The van der Waals surface area contributed by atoms with E-state index in [1.807, 2.05) is 51.1 Å². The van der Waals surface area contributed by atoms with Gasteiger partial charge in [-0.3, -0.25) is 9.59 Å². The topological polar surface area (TPSA) is 71.1 Å². The Morgan fingerprint density at radius 3 is 2.48 bits per heavy atom. The Morgan fingerprint density at radius 2 is 1.89 bits per heavy atom. The number of carbonyl (C=O) groups excluding carboxylic acids is 2. The summed E-state index contributed by atoms with van der Waals surface area (Å²) in [6.45, 7) is 8.99. The highest BCUT2D eigenvalue weighted by Crippen LogP contribution is 2.40. The summed E-state index contributed by atoms with van der Waals surface area (Å²) in [5, 5.41) is 0. The van der Waals surface area contributed by atoms with Crippen LogP contribution in [0.15, 0.2) is 30.3 Å². The molecule has 6 nitrogen and oxygen atoms in total. The van der Waals surface area contributed by atoms with Crippen LogP contribution < -0.4 is 0 Å². The third kappa shape index (κ3) is 6.04. The summed E-state index contributed by atoms with van der Waals surface area (Å²) in [6, 6.07) is 9.80. The van der Waals surface area contributed by atoms with Crippen LogP contribution in [0.4, 0.5) is 0 Å². The molecule has 0 aromatic heterocycles. The second kappa shape index (κ2) is 8.85. The second-order valence-electron chi connectivity index (χ2n) is 7.75. The first kappa shape index (κ1) is 21.4. The van der Waals surface area contributed by atoms with Crippen molar-refractivity contribution in [2.24, 2.45) is 0 Å². The molecule has 1 heterocycles. The molecule has 0 aliphatic carbocycles. The summed E-state index contributed by atoms with van der Waals surface area (Å²) in [5.74, 6) is -0.726. The minimum absolute atomic E-state index is 0.228. The van der Waals surface area contributed by atoms with Gasteiger partial charge < -0.3 is 18.9 Å². The van der Waals surface area contributed by atoms with E-state index in [1.54, 1.807) is 0 Å². The van der Waals surface area contributed by atoms with E-state index in [-0.39, 0.29) is 24.6 Å². The van der Waals surface area contributed by atoms with Gasteiger partial charge in [-0.1, -0.05) is 30.3 Å². The van der Waals surface area contributed by atoms with E-state index in [2.05, 4.69) is 0 Å². The predicted molar refractivity (Wildman–Crippen MR) is 100 cm³/mol. The summed E-state index contributed by atoms with van der Waals surface area (Å²) in [6.07, 6.45) is 0.554. The average Bonchev–Trinajstić information content (AvgIpc) is 2.98. The lowest BCUT2D eigenvalue weighted by Crippen LogP contribution is -2.48. The Bertz CT molecular complexity index is 641. The van der Waals surface area contributed by atoms with Gasteiger partial charge in [0.2, 0.25) is 0 Å². The zero-order valence-corrected chi connectivity index (χ0v) is 16.8. The Kier molecular flexibility index (Phi) is 7.00. The van der Waals surface area contributed by atoms with Crippen LogP contribution in [0.3, 0.4) is 0 Å². The van der Waals surface area contributed by atoms with Crippen molar-refractivity contribution >= 4 is 11.9 Å². The standard InChI is InChI=1S/C21H30O6/c1-15(22)25-19(14-24-13-17-9-7-6-8-10-17)21(5)12-11-18(27-21)20(3,4)26-16(2)23/h6-10,18-19H,11-14H2,1-5H3/t18-,19+,21-/m1/s1. The van der Waals surface area contributed by atoms with E-state index in [0.717, 1.165) is 5.56 Å². The number of benzene rings is 1. The highest BCUT2D eigenvalue weighted by molar-refractivity contribution is 5.66. The summed E-state index contributed by atoms with van der Waals surface area (Å²) in [4.78, 5) is 23.0. The number of rotatable bonds is 8. The van der Waals surface area contributed by atoms with E-state index in [9.17, 15) is 9.59 Å². The molecule has 150 valence electrons. The summed E-state index contributed by atoms with van der Waals surface area (Å²) in [5.41, 5.74) is -0.412. The molecule has 27 heavy (non-hydrogen) atoms. The van der Waals surface area contributed by atoms with Crippen LogP contribution in [0.1, 0.15) is 53.0 Å². The van der Waals surface area contributed by atoms with Gasteiger partial charge >= 0.3 is 11.9 Å². The molecule has 1 aliphatic heterocycles. The first-order chi connectivity index (χ1) is 12.6. The average molecular weight is 378 g/mol. The summed E-state index contributed by atoms with van der Waals surface area (Å²) < 4.78 is 23.0. The Balaban J connectivity index is 2.02. The molecule has 0 unspecified atom stereocenters. The van der Waals surface area contributed by atoms with Crippen LogP contribution in [0.2, 0.25) is 0 Å². The van der Waals surface area contributed by atoms with E-state index >= 15 is 0 Å². The van der Waals surface area contributed by atoms with Gasteiger partial charge in [-0.25, -0.2) is 0 Å². The molecule has 1 aliphatic rings. The van der Waals surface area contributed by atoms with Gasteiger partial charge in [0.15, 0.2) is 6.10 Å². The number of carbonyl (C=O) groups is 2. The molecule has 0 saturated carbocycles. The number of esters is 2. The highest BCUT2D eigenvalue weighted by Gasteiger charge is 2.50. The van der Waals surface area contributed by atoms with Gasteiger partial charge in [-0.05, 0) is 39.2 Å². The van der Waals surface area contributed by atoms with Crippen molar-refractivity contribution in [1.29, 1.82) is 0 Å². The SMILES string of the molecule is CC(=O)O[C@@H](COCc1ccccc1)[C@@]1(C)CC[C@H](C(C)(C)OC(C)=O)O1. The van der Waals surface area contributed by atoms with Crippen LogP contribution in [-0.4, -0.2) is 42.0 Å². The molecule has 1 aromatic carbocycles. The largest absolute Gasteiger partial charge is 0.457 e. The maximum atomic E-state index is 11.6. The Hall–Kier alpha value is -1.92. The molecule has 3 atom stereocenters. The Morgan fingerprint density at radius 1 is 1.22 bits per heavy atom. The van der Waals surface area contributed by atoms with Gasteiger partial charge in [-0.2, -0.15) is 0 Å². The van der Waals surface area contributed by atoms with Crippen LogP contribution in [0, 0.1) is 0 Å². The number of ether oxygens (including phenoxy) is 4. The van der Waals surface area contributed by atoms with Crippen LogP contribution >= 0.6 is 0 Å². The molecule has 0 amide bonds. The van der Waals surface area contributed by atoms with E-state index < -0.39 is 17.3 Å².